The SMILES string of the molecule is Fc1ccc(Cn2cncc2C2CNC2)c(F)c1. The van der Waals surface area contributed by atoms with Crippen LogP contribution >= 0.6 is 0 Å². The van der Waals surface area contributed by atoms with Crippen LogP contribution in [0.4, 0.5) is 8.78 Å². The number of nitrogens with zero attached hydrogens (tertiary/aromatic N) is 2. The van der Waals surface area contributed by atoms with E-state index in [1.165, 1.54) is 12.1 Å². The lowest BCUT2D eigenvalue weighted by molar-refractivity contribution is 0.426. The lowest BCUT2D eigenvalue weighted by atomic mass is 10.00. The molecule has 3 nitrogen and oxygen atoms in total. The van der Waals surface area contributed by atoms with Gasteiger partial charge in [0.25, 0.3) is 0 Å². The van der Waals surface area contributed by atoms with Crippen LogP contribution in [0.15, 0.2) is 30.7 Å². The van der Waals surface area contributed by atoms with Crippen molar-refractivity contribution < 1.29 is 8.78 Å². The second-order valence-corrected chi connectivity index (χ2v) is 4.54. The molecule has 0 aliphatic carbocycles. The Balaban J connectivity index is 1.85. The zero-order valence-electron chi connectivity index (χ0n) is 9.74. The Morgan fingerprint density at radius 2 is 2.17 bits per heavy atom. The van der Waals surface area contributed by atoms with Crippen molar-refractivity contribution in [2.75, 3.05) is 13.1 Å². The summed E-state index contributed by atoms with van der Waals surface area (Å²) in [4.78, 5) is 4.11. The second kappa shape index (κ2) is 4.49. The fraction of sp³-hybridized carbons (Fsp3) is 0.308. The molecule has 0 bridgehead atoms. The van der Waals surface area contributed by atoms with Gasteiger partial charge in [-0.2, -0.15) is 0 Å². The molecule has 2 aromatic rings. The van der Waals surface area contributed by atoms with Crippen molar-refractivity contribution in [3.05, 3.63) is 53.6 Å². The minimum absolute atomic E-state index is 0.387. The molecule has 1 aromatic heterocycles. The van der Waals surface area contributed by atoms with E-state index < -0.39 is 11.6 Å². The third-order valence-corrected chi connectivity index (χ3v) is 3.30. The van der Waals surface area contributed by atoms with Gasteiger partial charge in [0.1, 0.15) is 11.6 Å². The van der Waals surface area contributed by atoms with Crippen LogP contribution in [0.5, 0.6) is 0 Å². The molecule has 1 aromatic carbocycles. The van der Waals surface area contributed by atoms with E-state index in [2.05, 4.69) is 10.3 Å². The summed E-state index contributed by atoms with van der Waals surface area (Å²) < 4.78 is 28.3. The van der Waals surface area contributed by atoms with Gasteiger partial charge in [0, 0.05) is 42.5 Å². The Labute approximate surface area is 103 Å². The molecule has 1 aliphatic rings. The molecule has 1 N–H and O–H groups in total. The molecule has 1 aliphatic heterocycles. The summed E-state index contributed by atoms with van der Waals surface area (Å²) in [6, 6.07) is 3.67. The first-order chi connectivity index (χ1) is 8.74. The fourth-order valence-electron chi connectivity index (χ4n) is 2.13. The number of imidazole rings is 1. The van der Waals surface area contributed by atoms with Crippen molar-refractivity contribution in [3.8, 4) is 0 Å². The lowest BCUT2D eigenvalue weighted by Gasteiger charge is -2.27. The maximum absolute atomic E-state index is 13.6. The standard InChI is InChI=1S/C13H13F2N3/c14-11-2-1-9(12(15)3-11)7-18-8-17-6-13(18)10-4-16-5-10/h1-3,6,8,10,16H,4-5,7H2. The topological polar surface area (TPSA) is 29.9 Å². The van der Waals surface area contributed by atoms with Gasteiger partial charge >= 0.3 is 0 Å². The van der Waals surface area contributed by atoms with E-state index in [-0.39, 0.29) is 0 Å². The normalized spacial score (nSPS) is 15.7. The number of benzene rings is 1. The van der Waals surface area contributed by atoms with E-state index in [0.717, 1.165) is 24.8 Å². The molecule has 0 amide bonds. The molecule has 0 radical (unpaired) electrons. The lowest BCUT2D eigenvalue weighted by Crippen LogP contribution is -2.40. The fourth-order valence-corrected chi connectivity index (χ4v) is 2.13. The van der Waals surface area contributed by atoms with Gasteiger partial charge in [-0.05, 0) is 6.07 Å². The van der Waals surface area contributed by atoms with Gasteiger partial charge in [0.15, 0.2) is 0 Å². The molecule has 5 heteroatoms. The molecule has 0 spiro atoms. The van der Waals surface area contributed by atoms with Crippen LogP contribution in [0.2, 0.25) is 0 Å². The van der Waals surface area contributed by atoms with Crippen LogP contribution in [0, 0.1) is 11.6 Å². The van der Waals surface area contributed by atoms with Crippen LogP contribution < -0.4 is 5.32 Å². The molecule has 94 valence electrons. The molecule has 0 saturated carbocycles. The highest BCUT2D eigenvalue weighted by Gasteiger charge is 2.22. The quantitative estimate of drug-likeness (QED) is 0.900. The second-order valence-electron chi connectivity index (χ2n) is 4.54. The van der Waals surface area contributed by atoms with Crippen molar-refractivity contribution in [2.45, 2.75) is 12.5 Å². The van der Waals surface area contributed by atoms with Crippen molar-refractivity contribution in [3.63, 3.8) is 0 Å². The Bertz CT molecular complexity index is 561. The predicted octanol–water partition coefficient (Wildman–Crippen LogP) is 1.90. The third kappa shape index (κ3) is 2.01. The van der Waals surface area contributed by atoms with E-state index in [4.69, 9.17) is 0 Å². The third-order valence-electron chi connectivity index (χ3n) is 3.30. The summed E-state index contributed by atoms with van der Waals surface area (Å²) in [5.41, 5.74) is 1.57. The van der Waals surface area contributed by atoms with E-state index in [0.29, 0.717) is 18.0 Å². The first-order valence-electron chi connectivity index (χ1n) is 5.88. The van der Waals surface area contributed by atoms with E-state index in [1.54, 1.807) is 6.33 Å². The van der Waals surface area contributed by atoms with E-state index >= 15 is 0 Å². The van der Waals surface area contributed by atoms with Crippen LogP contribution in [-0.4, -0.2) is 22.6 Å². The Morgan fingerprint density at radius 1 is 1.33 bits per heavy atom. The van der Waals surface area contributed by atoms with Crippen molar-refractivity contribution in [1.82, 2.24) is 14.9 Å². The van der Waals surface area contributed by atoms with E-state index in [1.807, 2.05) is 10.8 Å². The minimum atomic E-state index is -0.551. The van der Waals surface area contributed by atoms with Gasteiger partial charge in [0.2, 0.25) is 0 Å². The van der Waals surface area contributed by atoms with Crippen LogP contribution in [0.3, 0.4) is 0 Å². The van der Waals surface area contributed by atoms with Crippen molar-refractivity contribution in [2.24, 2.45) is 0 Å². The molecule has 1 fully saturated rings. The molecule has 2 heterocycles. The predicted molar refractivity (Wildman–Crippen MR) is 63.3 cm³/mol. The first kappa shape index (κ1) is 11.3. The maximum atomic E-state index is 13.6. The largest absolute Gasteiger partial charge is 0.330 e. The molecule has 18 heavy (non-hydrogen) atoms. The van der Waals surface area contributed by atoms with Gasteiger partial charge in [-0.25, -0.2) is 13.8 Å². The minimum Gasteiger partial charge on any atom is -0.330 e. The number of nitrogens with one attached hydrogen (secondary N) is 1. The monoisotopic (exact) mass is 249 g/mol. The van der Waals surface area contributed by atoms with Gasteiger partial charge in [-0.1, -0.05) is 6.07 Å². The summed E-state index contributed by atoms with van der Waals surface area (Å²) in [6.45, 7) is 2.24. The average Bonchev–Trinajstić information content (AvgIpc) is 2.68. The van der Waals surface area contributed by atoms with Gasteiger partial charge in [0.05, 0.1) is 12.9 Å². The molecule has 0 atom stereocenters. The van der Waals surface area contributed by atoms with Crippen molar-refractivity contribution >= 4 is 0 Å². The van der Waals surface area contributed by atoms with E-state index in [9.17, 15) is 8.78 Å². The number of halogens is 2. The highest BCUT2D eigenvalue weighted by molar-refractivity contribution is 5.21. The van der Waals surface area contributed by atoms with Crippen molar-refractivity contribution in [1.29, 1.82) is 0 Å². The highest BCUT2D eigenvalue weighted by atomic mass is 19.1. The number of hydrogen-bond acceptors (Lipinski definition) is 2. The van der Waals surface area contributed by atoms with Gasteiger partial charge < -0.3 is 9.88 Å². The van der Waals surface area contributed by atoms with Crippen LogP contribution in [-0.2, 0) is 6.54 Å². The molecular formula is C13H13F2N3. The van der Waals surface area contributed by atoms with Gasteiger partial charge in [-0.15, -0.1) is 0 Å². The van der Waals surface area contributed by atoms with Crippen LogP contribution in [0.25, 0.3) is 0 Å². The molecular weight excluding hydrogens is 236 g/mol. The summed E-state index contributed by atoms with van der Waals surface area (Å²) in [7, 11) is 0. The Kier molecular flexibility index (Phi) is 2.83. The van der Waals surface area contributed by atoms with Gasteiger partial charge in [-0.3, -0.25) is 0 Å². The maximum Gasteiger partial charge on any atom is 0.131 e. The average molecular weight is 249 g/mol. The molecule has 3 rings (SSSR count). The zero-order valence-corrected chi connectivity index (χ0v) is 9.74. The summed E-state index contributed by atoms with van der Waals surface area (Å²) in [6.07, 6.45) is 3.50. The Hall–Kier alpha value is -1.75. The zero-order chi connectivity index (χ0) is 12.5. The smallest absolute Gasteiger partial charge is 0.131 e. The summed E-state index contributed by atoms with van der Waals surface area (Å²) in [5.74, 6) is -0.623. The summed E-state index contributed by atoms with van der Waals surface area (Å²) >= 11 is 0. The first-order valence-corrected chi connectivity index (χ1v) is 5.88. The number of hydrogen-bond donors (Lipinski definition) is 1. The Morgan fingerprint density at radius 3 is 2.83 bits per heavy atom. The summed E-state index contributed by atoms with van der Waals surface area (Å²) in [5, 5.41) is 3.19. The number of rotatable bonds is 3. The number of aromatic nitrogens is 2. The molecule has 1 saturated heterocycles. The van der Waals surface area contributed by atoms with Crippen LogP contribution in [0.1, 0.15) is 17.2 Å². The molecule has 0 unspecified atom stereocenters. The highest BCUT2D eigenvalue weighted by Crippen LogP contribution is 2.21.